The molecule has 13 aromatic rings. The third kappa shape index (κ3) is 4.45. The SMILES string of the molecule is c1ccc(-c2cc3c(cc2-c2ccc4c5ccccc5n(-c5ccc6oc7ccccc7c6c5)c4c2)c2ccccc2n3-c2ccc3oc4ccccc4c3c2)cc1. The van der Waals surface area contributed by atoms with Gasteiger partial charge in [0, 0.05) is 54.5 Å². The van der Waals surface area contributed by atoms with Crippen LogP contribution >= 0.6 is 0 Å². The summed E-state index contributed by atoms with van der Waals surface area (Å²) in [6, 6.07) is 69.8. The molecule has 4 heterocycles. The summed E-state index contributed by atoms with van der Waals surface area (Å²) in [5, 5.41) is 9.35. The fourth-order valence-electron chi connectivity index (χ4n) is 9.51. The Morgan fingerprint density at radius 3 is 1.34 bits per heavy atom. The van der Waals surface area contributed by atoms with Gasteiger partial charge in [0.15, 0.2) is 0 Å². The summed E-state index contributed by atoms with van der Waals surface area (Å²) < 4.78 is 17.3. The Hall–Kier alpha value is -7.82. The van der Waals surface area contributed by atoms with E-state index in [0.29, 0.717) is 0 Å². The van der Waals surface area contributed by atoms with Crippen molar-refractivity contribution in [1.82, 2.24) is 9.13 Å². The zero-order valence-electron chi connectivity index (χ0n) is 31.2. The Kier molecular flexibility index (Phi) is 6.41. The van der Waals surface area contributed by atoms with Crippen molar-refractivity contribution < 1.29 is 8.83 Å². The first-order valence-corrected chi connectivity index (χ1v) is 19.7. The summed E-state index contributed by atoms with van der Waals surface area (Å²) >= 11 is 0. The summed E-state index contributed by atoms with van der Waals surface area (Å²) in [5.74, 6) is 0. The lowest BCUT2D eigenvalue weighted by atomic mass is 9.92. The monoisotopic (exact) mass is 740 g/mol. The first-order chi connectivity index (χ1) is 28.7. The third-order valence-electron chi connectivity index (χ3n) is 12.1. The average molecular weight is 741 g/mol. The minimum Gasteiger partial charge on any atom is -0.456 e. The van der Waals surface area contributed by atoms with Crippen molar-refractivity contribution in [1.29, 1.82) is 0 Å². The Morgan fingerprint density at radius 2 is 0.724 bits per heavy atom. The smallest absolute Gasteiger partial charge is 0.135 e. The Morgan fingerprint density at radius 1 is 0.259 bits per heavy atom. The topological polar surface area (TPSA) is 36.1 Å². The lowest BCUT2D eigenvalue weighted by molar-refractivity contribution is 0.668. The van der Waals surface area contributed by atoms with Crippen LogP contribution in [0.2, 0.25) is 0 Å². The van der Waals surface area contributed by atoms with Crippen molar-refractivity contribution in [3.05, 3.63) is 194 Å². The van der Waals surface area contributed by atoms with Crippen LogP contribution in [-0.2, 0) is 0 Å². The molecule has 58 heavy (non-hydrogen) atoms. The van der Waals surface area contributed by atoms with Crippen molar-refractivity contribution in [2.75, 3.05) is 0 Å². The van der Waals surface area contributed by atoms with Gasteiger partial charge in [0.1, 0.15) is 22.3 Å². The fraction of sp³-hybridized carbons (Fsp3) is 0. The Bertz CT molecular complexity index is 3800. The summed E-state index contributed by atoms with van der Waals surface area (Å²) in [4.78, 5) is 0. The molecule has 13 rings (SSSR count). The van der Waals surface area contributed by atoms with Gasteiger partial charge in [-0.3, -0.25) is 0 Å². The largest absolute Gasteiger partial charge is 0.456 e. The van der Waals surface area contributed by atoms with Crippen molar-refractivity contribution in [3.8, 4) is 33.6 Å². The first kappa shape index (κ1) is 31.4. The maximum Gasteiger partial charge on any atom is 0.135 e. The van der Waals surface area contributed by atoms with Crippen LogP contribution in [0.4, 0.5) is 0 Å². The van der Waals surface area contributed by atoms with Crippen LogP contribution in [0, 0.1) is 0 Å². The lowest BCUT2D eigenvalue weighted by Gasteiger charge is -2.15. The van der Waals surface area contributed by atoms with Crippen LogP contribution in [0.5, 0.6) is 0 Å². The van der Waals surface area contributed by atoms with Gasteiger partial charge in [0.25, 0.3) is 0 Å². The molecular weight excluding hydrogens is 709 g/mol. The maximum absolute atomic E-state index is 6.24. The molecule has 0 fully saturated rings. The summed E-state index contributed by atoms with van der Waals surface area (Å²) in [5.41, 5.74) is 15.2. The van der Waals surface area contributed by atoms with Crippen LogP contribution in [-0.4, -0.2) is 9.13 Å². The Balaban J connectivity index is 1.08. The number of furan rings is 2. The normalized spacial score (nSPS) is 12.1. The quantitative estimate of drug-likeness (QED) is 0.180. The highest BCUT2D eigenvalue weighted by atomic mass is 16.3. The molecule has 0 aliphatic rings. The second-order valence-electron chi connectivity index (χ2n) is 15.3. The fourth-order valence-corrected chi connectivity index (χ4v) is 9.51. The molecule has 270 valence electrons. The predicted octanol–water partition coefficient (Wildman–Crippen LogP) is 15.0. The molecule has 0 unspecified atom stereocenters. The molecule has 0 spiro atoms. The van der Waals surface area contributed by atoms with Gasteiger partial charge in [-0.15, -0.1) is 0 Å². The number of hydrogen-bond acceptors (Lipinski definition) is 2. The van der Waals surface area contributed by atoms with E-state index in [1.807, 2.05) is 24.3 Å². The molecule has 0 aliphatic heterocycles. The van der Waals surface area contributed by atoms with Gasteiger partial charge in [0.05, 0.1) is 22.1 Å². The lowest BCUT2D eigenvalue weighted by Crippen LogP contribution is -1.95. The molecule has 4 aromatic heterocycles. The second-order valence-corrected chi connectivity index (χ2v) is 15.3. The number of aromatic nitrogens is 2. The molecule has 0 bridgehead atoms. The highest BCUT2D eigenvalue weighted by Gasteiger charge is 2.20. The average Bonchev–Trinajstić information content (AvgIpc) is 4.03. The van der Waals surface area contributed by atoms with E-state index in [-0.39, 0.29) is 0 Å². The van der Waals surface area contributed by atoms with Crippen LogP contribution in [0.25, 0.3) is 121 Å². The predicted molar refractivity (Wildman–Crippen MR) is 241 cm³/mol. The van der Waals surface area contributed by atoms with E-state index in [0.717, 1.165) is 71.8 Å². The van der Waals surface area contributed by atoms with Crippen molar-refractivity contribution in [2.45, 2.75) is 0 Å². The number of rotatable bonds is 4. The van der Waals surface area contributed by atoms with E-state index in [2.05, 4.69) is 179 Å². The Labute approximate surface area is 332 Å². The van der Waals surface area contributed by atoms with Gasteiger partial charge in [-0.2, -0.15) is 0 Å². The highest BCUT2D eigenvalue weighted by Crippen LogP contribution is 2.44. The summed E-state index contributed by atoms with van der Waals surface area (Å²) in [6.45, 7) is 0. The molecule has 0 radical (unpaired) electrons. The molecule has 0 amide bonds. The summed E-state index contributed by atoms with van der Waals surface area (Å²) in [6.07, 6.45) is 0. The molecule has 0 N–H and O–H groups in total. The molecule has 4 heteroatoms. The number of hydrogen-bond donors (Lipinski definition) is 0. The number of fused-ring (bicyclic) bond motifs is 12. The van der Waals surface area contributed by atoms with Gasteiger partial charge < -0.3 is 18.0 Å². The van der Waals surface area contributed by atoms with Gasteiger partial charge >= 0.3 is 0 Å². The van der Waals surface area contributed by atoms with Crippen molar-refractivity contribution >= 4 is 87.5 Å². The minimum atomic E-state index is 0.892. The molecule has 0 saturated carbocycles. The molecule has 4 nitrogen and oxygen atoms in total. The molecule has 0 saturated heterocycles. The maximum atomic E-state index is 6.24. The van der Waals surface area contributed by atoms with E-state index in [4.69, 9.17) is 8.83 Å². The second kappa shape index (κ2) is 11.8. The zero-order valence-corrected chi connectivity index (χ0v) is 31.2. The van der Waals surface area contributed by atoms with Crippen LogP contribution < -0.4 is 0 Å². The van der Waals surface area contributed by atoms with Crippen LogP contribution in [0.3, 0.4) is 0 Å². The van der Waals surface area contributed by atoms with E-state index in [1.54, 1.807) is 0 Å². The van der Waals surface area contributed by atoms with E-state index in [9.17, 15) is 0 Å². The number of benzene rings is 9. The van der Waals surface area contributed by atoms with Gasteiger partial charge in [-0.1, -0.05) is 115 Å². The van der Waals surface area contributed by atoms with Crippen LogP contribution in [0.1, 0.15) is 0 Å². The third-order valence-corrected chi connectivity index (χ3v) is 12.1. The van der Waals surface area contributed by atoms with Gasteiger partial charge in [0.2, 0.25) is 0 Å². The first-order valence-electron chi connectivity index (χ1n) is 19.7. The molecular formula is C54H32N2O2. The van der Waals surface area contributed by atoms with Crippen LogP contribution in [0.15, 0.2) is 203 Å². The molecule has 0 aliphatic carbocycles. The number of para-hydroxylation sites is 4. The molecule has 9 aromatic carbocycles. The number of nitrogens with zero attached hydrogens (tertiary/aromatic N) is 2. The summed E-state index contributed by atoms with van der Waals surface area (Å²) in [7, 11) is 0. The van der Waals surface area contributed by atoms with Gasteiger partial charge in [-0.25, -0.2) is 0 Å². The van der Waals surface area contributed by atoms with Crippen molar-refractivity contribution in [2.24, 2.45) is 0 Å². The highest BCUT2D eigenvalue weighted by molar-refractivity contribution is 6.15. The van der Waals surface area contributed by atoms with E-state index < -0.39 is 0 Å². The zero-order chi connectivity index (χ0) is 37.9. The minimum absolute atomic E-state index is 0.892. The van der Waals surface area contributed by atoms with Gasteiger partial charge in [-0.05, 0) is 101 Å². The molecule has 0 atom stereocenters. The van der Waals surface area contributed by atoms with E-state index in [1.165, 1.54) is 49.3 Å². The van der Waals surface area contributed by atoms with E-state index >= 15 is 0 Å². The standard InChI is InChI=1S/C54H32N2O2/c1-2-12-33(13-3-1)43-32-50-44(38-15-5-9-19-48(38)56(50)36-24-27-54-46(30-36)41-17-7-11-21-52(41)58-54)31-42(43)34-22-25-39-37-14-4-8-18-47(37)55(49(39)28-34)35-23-26-53-45(29-35)40-16-6-10-20-51(40)57-53/h1-32H. The van der Waals surface area contributed by atoms with Crippen molar-refractivity contribution in [3.63, 3.8) is 0 Å².